The van der Waals surface area contributed by atoms with Crippen molar-refractivity contribution in [1.29, 1.82) is 0 Å². The van der Waals surface area contributed by atoms with Crippen LogP contribution in [0, 0.1) is 44.5 Å². The van der Waals surface area contributed by atoms with Gasteiger partial charge in [-0.05, 0) is 198 Å². The third kappa shape index (κ3) is 13.5. The fourth-order valence-corrected chi connectivity index (χ4v) is 10.8. The van der Waals surface area contributed by atoms with Gasteiger partial charge < -0.3 is 4.90 Å². The molecule has 0 aliphatic rings. The molecule has 0 fully saturated rings. The molecule has 9 aromatic rings. The van der Waals surface area contributed by atoms with Crippen LogP contribution in [-0.2, 0) is 18.3 Å². The summed E-state index contributed by atoms with van der Waals surface area (Å²) < 4.78 is 0. The quantitative estimate of drug-likeness (QED) is 0.0612. The van der Waals surface area contributed by atoms with E-state index in [0.29, 0.717) is 0 Å². The van der Waals surface area contributed by atoms with Gasteiger partial charge in [0.25, 0.3) is 0 Å². The summed E-state index contributed by atoms with van der Waals surface area (Å²) in [7, 11) is 0. The number of aryl methyl sites for hydroxylation is 5. The highest BCUT2D eigenvalue weighted by Gasteiger charge is 2.27. The first kappa shape index (κ1) is 53.7. The third-order valence-corrected chi connectivity index (χ3v) is 15.4. The van der Waals surface area contributed by atoms with Crippen LogP contribution in [0.2, 0.25) is 0 Å². The topological polar surface area (TPSA) is 3.24 Å². The van der Waals surface area contributed by atoms with E-state index < -0.39 is 0 Å². The van der Waals surface area contributed by atoms with Crippen molar-refractivity contribution in [3.63, 3.8) is 0 Å². The molecule has 0 aliphatic heterocycles. The lowest BCUT2D eigenvalue weighted by Gasteiger charge is -2.31. The normalized spacial score (nSPS) is 11.1. The van der Waals surface area contributed by atoms with Crippen LogP contribution >= 0.6 is 0 Å². The second-order valence-corrected chi connectivity index (χ2v) is 21.6. The van der Waals surface area contributed by atoms with Crippen molar-refractivity contribution in [2.75, 3.05) is 4.90 Å². The molecular weight excluding hydrogens is 927 g/mol. The summed E-state index contributed by atoms with van der Waals surface area (Å²) in [5.74, 6) is 13.3. The summed E-state index contributed by atoms with van der Waals surface area (Å²) in [6.07, 6.45) is 12.0. The molecule has 0 heterocycles. The number of unbranched alkanes of at least 4 members (excludes halogenated alkanes) is 6. The van der Waals surface area contributed by atoms with Gasteiger partial charge in [-0.15, -0.1) is 0 Å². The SMILES string of the molecule is CCCCCCc1cc(-c2ccc(C#Cc3ccccc3)cc2)cc(C)c1-c1c(C)cc(C(C)(C)c2ccc(N(c3ccc(C)cc3)c3ccc(-c4ccc(C#Cc5ccccc5)cc4)cc3)cc2)cc1CCCCCC. The first-order valence-electron chi connectivity index (χ1n) is 28.3. The van der Waals surface area contributed by atoms with Crippen LogP contribution in [0.5, 0.6) is 0 Å². The van der Waals surface area contributed by atoms with Crippen molar-refractivity contribution in [2.24, 2.45) is 0 Å². The van der Waals surface area contributed by atoms with E-state index in [9.17, 15) is 0 Å². The Morgan fingerprint density at radius 3 is 1.21 bits per heavy atom. The van der Waals surface area contributed by atoms with E-state index in [1.165, 1.54) is 124 Å². The van der Waals surface area contributed by atoms with Crippen molar-refractivity contribution in [3.05, 3.63) is 267 Å². The molecule has 0 amide bonds. The van der Waals surface area contributed by atoms with Crippen LogP contribution in [0.25, 0.3) is 33.4 Å². The highest BCUT2D eigenvalue weighted by Crippen LogP contribution is 2.43. The first-order valence-corrected chi connectivity index (χ1v) is 28.3. The molecule has 9 rings (SSSR count). The summed E-state index contributed by atoms with van der Waals surface area (Å²) in [5.41, 5.74) is 24.6. The molecule has 0 aliphatic carbocycles. The molecular formula is C76H75N. The maximum absolute atomic E-state index is 3.37. The van der Waals surface area contributed by atoms with Gasteiger partial charge in [0.2, 0.25) is 0 Å². The van der Waals surface area contributed by atoms with Gasteiger partial charge in [-0.2, -0.15) is 0 Å². The Labute approximate surface area is 462 Å². The van der Waals surface area contributed by atoms with E-state index >= 15 is 0 Å². The van der Waals surface area contributed by atoms with Crippen LogP contribution in [0.4, 0.5) is 17.1 Å². The van der Waals surface area contributed by atoms with E-state index in [-0.39, 0.29) is 5.41 Å². The van der Waals surface area contributed by atoms with Crippen molar-refractivity contribution in [1.82, 2.24) is 0 Å². The van der Waals surface area contributed by atoms with E-state index in [2.05, 4.69) is 235 Å². The number of nitrogens with zero attached hydrogens (tertiary/aromatic N) is 1. The van der Waals surface area contributed by atoms with Crippen molar-refractivity contribution in [2.45, 2.75) is 118 Å². The van der Waals surface area contributed by atoms with Crippen molar-refractivity contribution < 1.29 is 0 Å². The van der Waals surface area contributed by atoms with Crippen LogP contribution in [-0.4, -0.2) is 0 Å². The molecule has 0 saturated carbocycles. The molecule has 0 aromatic heterocycles. The minimum absolute atomic E-state index is 0.238. The summed E-state index contributed by atoms with van der Waals surface area (Å²) in [6, 6.07) is 75.0. The molecule has 384 valence electrons. The maximum Gasteiger partial charge on any atom is 0.0462 e. The molecule has 0 saturated heterocycles. The largest absolute Gasteiger partial charge is 0.311 e. The van der Waals surface area contributed by atoms with E-state index in [1.807, 2.05) is 48.5 Å². The molecule has 0 radical (unpaired) electrons. The molecule has 0 atom stereocenters. The Morgan fingerprint density at radius 1 is 0.351 bits per heavy atom. The molecule has 1 heteroatoms. The zero-order valence-electron chi connectivity index (χ0n) is 46.6. The van der Waals surface area contributed by atoms with Crippen LogP contribution in [0.1, 0.15) is 140 Å². The lowest BCUT2D eigenvalue weighted by Crippen LogP contribution is -2.20. The highest BCUT2D eigenvalue weighted by molar-refractivity contribution is 5.82. The van der Waals surface area contributed by atoms with Gasteiger partial charge in [-0.1, -0.05) is 217 Å². The van der Waals surface area contributed by atoms with E-state index in [4.69, 9.17) is 0 Å². The van der Waals surface area contributed by atoms with Gasteiger partial charge in [-0.3, -0.25) is 0 Å². The fourth-order valence-electron chi connectivity index (χ4n) is 10.8. The molecule has 77 heavy (non-hydrogen) atoms. The second-order valence-electron chi connectivity index (χ2n) is 21.6. The van der Waals surface area contributed by atoms with Gasteiger partial charge in [0.05, 0.1) is 0 Å². The number of benzene rings is 9. The zero-order chi connectivity index (χ0) is 53.6. The Morgan fingerprint density at radius 2 is 0.740 bits per heavy atom. The van der Waals surface area contributed by atoms with Gasteiger partial charge in [0, 0.05) is 44.7 Å². The van der Waals surface area contributed by atoms with Crippen LogP contribution in [0.15, 0.2) is 206 Å². The lowest BCUT2D eigenvalue weighted by molar-refractivity contribution is 0.635. The molecule has 0 N–H and O–H groups in total. The highest BCUT2D eigenvalue weighted by atomic mass is 15.1. The molecule has 9 aromatic carbocycles. The van der Waals surface area contributed by atoms with Crippen molar-refractivity contribution >= 4 is 17.1 Å². The molecule has 0 bridgehead atoms. The van der Waals surface area contributed by atoms with Gasteiger partial charge in [-0.25, -0.2) is 0 Å². The predicted molar refractivity (Wildman–Crippen MR) is 331 cm³/mol. The average Bonchev–Trinajstić information content (AvgIpc) is 3.49. The zero-order valence-corrected chi connectivity index (χ0v) is 46.6. The van der Waals surface area contributed by atoms with Crippen LogP contribution in [0.3, 0.4) is 0 Å². The number of hydrogen-bond donors (Lipinski definition) is 0. The summed E-state index contributed by atoms with van der Waals surface area (Å²) in [4.78, 5) is 2.38. The minimum Gasteiger partial charge on any atom is -0.311 e. The molecule has 0 spiro atoms. The summed E-state index contributed by atoms with van der Waals surface area (Å²) in [5, 5.41) is 0. The number of rotatable bonds is 18. The maximum atomic E-state index is 3.37. The van der Waals surface area contributed by atoms with E-state index in [1.54, 1.807) is 0 Å². The Kier molecular flexibility index (Phi) is 17.9. The number of anilines is 3. The second kappa shape index (κ2) is 25.6. The Hall–Kier alpha value is -8.10. The standard InChI is InChI=1S/C76H75N/c1-8-10-12-20-26-66-54-68(65-40-36-62(37-41-65)33-31-60-24-18-15-19-25-60)52-57(4)74(66)75-58(5)53-70(55-67(75)27-21-13-11-9-2)76(6,7)69-44-50-73(51-45-69)77(71-46-28-56(3)29-47-71)72-48-42-64(43-49-72)63-38-34-61(35-39-63)32-30-59-22-16-14-17-23-59/h14-19,22-25,28-29,34-55H,8-13,20-21,26-27H2,1-7H3. The molecule has 0 unspecified atom stereocenters. The van der Waals surface area contributed by atoms with Gasteiger partial charge >= 0.3 is 0 Å². The third-order valence-electron chi connectivity index (χ3n) is 15.4. The monoisotopic (exact) mass is 1000 g/mol. The van der Waals surface area contributed by atoms with Crippen molar-refractivity contribution in [3.8, 4) is 57.1 Å². The van der Waals surface area contributed by atoms with Crippen LogP contribution < -0.4 is 4.90 Å². The van der Waals surface area contributed by atoms with Gasteiger partial charge in [0.15, 0.2) is 0 Å². The van der Waals surface area contributed by atoms with E-state index in [0.717, 1.165) is 52.2 Å². The Balaban J connectivity index is 1.02. The first-order chi connectivity index (χ1) is 37.6. The lowest BCUT2D eigenvalue weighted by atomic mass is 9.74. The smallest absolute Gasteiger partial charge is 0.0462 e. The fraction of sp³-hybridized carbons (Fsp3) is 0.237. The molecule has 1 nitrogen and oxygen atoms in total. The number of hydrogen-bond acceptors (Lipinski definition) is 1. The van der Waals surface area contributed by atoms with Gasteiger partial charge in [0.1, 0.15) is 0 Å². The predicted octanol–water partition coefficient (Wildman–Crippen LogP) is 20.5. The Bertz CT molecular complexity index is 3480. The minimum atomic E-state index is -0.238. The summed E-state index contributed by atoms with van der Waals surface area (Å²) in [6.45, 7) is 16.3. The summed E-state index contributed by atoms with van der Waals surface area (Å²) >= 11 is 0. The average molecular weight is 1000 g/mol.